The van der Waals surface area contributed by atoms with Crippen LogP contribution in [0.2, 0.25) is 5.02 Å². The largest absolute Gasteiger partial charge is 0.496 e. The zero-order valence-electron chi connectivity index (χ0n) is 12.7. The number of ether oxygens (including phenoxy) is 2. The van der Waals surface area contributed by atoms with E-state index in [1.807, 2.05) is 12.1 Å². The molecule has 0 radical (unpaired) electrons. The highest BCUT2D eigenvalue weighted by atomic mass is 35.5. The number of nitrogens with zero attached hydrogens (tertiary/aromatic N) is 2. The van der Waals surface area contributed by atoms with Crippen LogP contribution < -0.4 is 4.74 Å². The van der Waals surface area contributed by atoms with E-state index in [-0.39, 0.29) is 12.5 Å². The second-order valence-corrected chi connectivity index (χ2v) is 5.18. The zero-order chi connectivity index (χ0) is 16.9. The number of carbonyl (C=O) groups excluding carboxylic acids is 1. The molecule has 0 saturated carbocycles. The molecule has 3 aromatic rings. The van der Waals surface area contributed by atoms with Crippen LogP contribution in [0, 0.1) is 0 Å². The van der Waals surface area contributed by atoms with E-state index >= 15 is 0 Å². The molecule has 0 amide bonds. The lowest BCUT2D eigenvalue weighted by molar-refractivity contribution is 0.0426. The van der Waals surface area contributed by atoms with Gasteiger partial charge in [0.05, 0.1) is 12.1 Å². The molecule has 1 aromatic heterocycles. The van der Waals surface area contributed by atoms with Crippen molar-refractivity contribution in [1.82, 2.24) is 10.1 Å². The molecule has 1 heterocycles. The third-order valence-corrected chi connectivity index (χ3v) is 3.57. The SMILES string of the molecule is COc1ccccc1C(=O)OCc1nc(-c2ccccc2Cl)no1. The van der Waals surface area contributed by atoms with Gasteiger partial charge in [-0.2, -0.15) is 4.98 Å². The molecule has 3 rings (SSSR count). The summed E-state index contributed by atoms with van der Waals surface area (Å²) in [6, 6.07) is 13.9. The quantitative estimate of drug-likeness (QED) is 0.656. The number of hydrogen-bond donors (Lipinski definition) is 0. The molecule has 0 saturated heterocycles. The van der Waals surface area contributed by atoms with Crippen LogP contribution in [0.25, 0.3) is 11.4 Å². The third kappa shape index (κ3) is 3.38. The predicted molar refractivity (Wildman–Crippen MR) is 86.9 cm³/mol. The highest BCUT2D eigenvalue weighted by molar-refractivity contribution is 6.33. The molecule has 0 spiro atoms. The van der Waals surface area contributed by atoms with Crippen LogP contribution in [0.3, 0.4) is 0 Å². The summed E-state index contributed by atoms with van der Waals surface area (Å²) in [5.41, 5.74) is 0.969. The van der Waals surface area contributed by atoms with Crippen LogP contribution in [0.15, 0.2) is 53.1 Å². The smallest absolute Gasteiger partial charge is 0.342 e. The van der Waals surface area contributed by atoms with Crippen LogP contribution in [-0.2, 0) is 11.3 Å². The summed E-state index contributed by atoms with van der Waals surface area (Å²) in [7, 11) is 1.49. The van der Waals surface area contributed by atoms with E-state index in [1.165, 1.54) is 7.11 Å². The number of hydrogen-bond acceptors (Lipinski definition) is 6. The Kier molecular flexibility index (Phi) is 4.77. The van der Waals surface area contributed by atoms with Crippen LogP contribution in [-0.4, -0.2) is 23.2 Å². The van der Waals surface area contributed by atoms with Crippen LogP contribution in [0.1, 0.15) is 16.2 Å². The standard InChI is InChI=1S/C17H13ClN2O4/c1-22-14-9-5-3-7-12(14)17(21)23-10-15-19-16(20-24-15)11-6-2-4-8-13(11)18/h2-9H,10H2,1H3. The predicted octanol–water partition coefficient (Wildman–Crippen LogP) is 3.76. The molecule has 7 heteroatoms. The first-order valence-corrected chi connectivity index (χ1v) is 7.44. The number of para-hydroxylation sites is 1. The van der Waals surface area contributed by atoms with E-state index in [9.17, 15) is 4.79 Å². The van der Waals surface area contributed by atoms with Crippen molar-refractivity contribution in [2.45, 2.75) is 6.61 Å². The van der Waals surface area contributed by atoms with Gasteiger partial charge in [-0.05, 0) is 24.3 Å². The number of halogens is 1. The fourth-order valence-corrected chi connectivity index (χ4v) is 2.30. The highest BCUT2D eigenvalue weighted by Gasteiger charge is 2.16. The Morgan fingerprint density at radius 3 is 2.71 bits per heavy atom. The van der Waals surface area contributed by atoms with Gasteiger partial charge in [-0.25, -0.2) is 4.79 Å². The molecule has 6 nitrogen and oxygen atoms in total. The molecule has 0 atom stereocenters. The highest BCUT2D eigenvalue weighted by Crippen LogP contribution is 2.25. The first-order valence-electron chi connectivity index (χ1n) is 7.06. The summed E-state index contributed by atoms with van der Waals surface area (Å²) in [6.07, 6.45) is 0. The van der Waals surface area contributed by atoms with Gasteiger partial charge in [-0.15, -0.1) is 0 Å². The van der Waals surface area contributed by atoms with Gasteiger partial charge in [0.1, 0.15) is 11.3 Å². The van der Waals surface area contributed by atoms with Gasteiger partial charge in [0, 0.05) is 5.56 Å². The molecule has 0 fully saturated rings. The zero-order valence-corrected chi connectivity index (χ0v) is 13.5. The van der Waals surface area contributed by atoms with E-state index in [2.05, 4.69) is 10.1 Å². The van der Waals surface area contributed by atoms with E-state index in [0.29, 0.717) is 27.7 Å². The second kappa shape index (κ2) is 7.14. The number of esters is 1. The fraction of sp³-hybridized carbons (Fsp3) is 0.118. The average molecular weight is 345 g/mol. The van der Waals surface area contributed by atoms with Gasteiger partial charge in [-0.1, -0.05) is 41.0 Å². The van der Waals surface area contributed by atoms with Crippen molar-refractivity contribution in [1.29, 1.82) is 0 Å². The van der Waals surface area contributed by atoms with Gasteiger partial charge >= 0.3 is 5.97 Å². The van der Waals surface area contributed by atoms with Crippen molar-refractivity contribution in [3.8, 4) is 17.1 Å². The molecule has 2 aromatic carbocycles. The number of carbonyl (C=O) groups is 1. The maximum absolute atomic E-state index is 12.1. The summed E-state index contributed by atoms with van der Waals surface area (Å²) in [5.74, 6) is 0.409. The Morgan fingerprint density at radius 2 is 1.92 bits per heavy atom. The number of aromatic nitrogens is 2. The maximum atomic E-state index is 12.1. The van der Waals surface area contributed by atoms with Gasteiger partial charge < -0.3 is 14.0 Å². The first kappa shape index (κ1) is 16.0. The molecule has 0 bridgehead atoms. The molecule has 0 N–H and O–H groups in total. The van der Waals surface area contributed by atoms with Crippen molar-refractivity contribution in [2.75, 3.05) is 7.11 Å². The van der Waals surface area contributed by atoms with E-state index < -0.39 is 5.97 Å². The van der Waals surface area contributed by atoms with Crippen molar-refractivity contribution >= 4 is 17.6 Å². The van der Waals surface area contributed by atoms with Crippen molar-refractivity contribution < 1.29 is 18.8 Å². The van der Waals surface area contributed by atoms with Gasteiger partial charge in [0.25, 0.3) is 5.89 Å². The minimum absolute atomic E-state index is 0.145. The second-order valence-electron chi connectivity index (χ2n) is 4.77. The van der Waals surface area contributed by atoms with E-state index in [4.69, 9.17) is 25.6 Å². The number of methoxy groups -OCH3 is 1. The van der Waals surface area contributed by atoms with Crippen molar-refractivity contribution in [3.05, 3.63) is 65.0 Å². The summed E-state index contributed by atoms with van der Waals surface area (Å²) in [5, 5.41) is 4.36. The first-order chi connectivity index (χ1) is 11.7. The summed E-state index contributed by atoms with van der Waals surface area (Å²) < 4.78 is 15.4. The van der Waals surface area contributed by atoms with Gasteiger partial charge in [0.2, 0.25) is 5.82 Å². The minimum Gasteiger partial charge on any atom is -0.496 e. The molecule has 0 aliphatic heterocycles. The van der Waals surface area contributed by atoms with Crippen molar-refractivity contribution in [2.24, 2.45) is 0 Å². The lowest BCUT2D eigenvalue weighted by atomic mass is 10.2. The summed E-state index contributed by atoms with van der Waals surface area (Å²) in [4.78, 5) is 16.3. The molecular formula is C17H13ClN2O4. The molecular weight excluding hydrogens is 332 g/mol. The average Bonchev–Trinajstić information content (AvgIpc) is 3.08. The maximum Gasteiger partial charge on any atom is 0.342 e. The number of rotatable bonds is 5. The molecule has 0 unspecified atom stereocenters. The molecule has 24 heavy (non-hydrogen) atoms. The Balaban J connectivity index is 1.70. The minimum atomic E-state index is -0.537. The van der Waals surface area contributed by atoms with Crippen LogP contribution >= 0.6 is 11.6 Å². The number of benzene rings is 2. The van der Waals surface area contributed by atoms with Crippen LogP contribution in [0.5, 0.6) is 5.75 Å². The van der Waals surface area contributed by atoms with Crippen LogP contribution in [0.4, 0.5) is 0 Å². The Hall–Kier alpha value is -2.86. The Bertz CT molecular complexity index is 863. The summed E-state index contributed by atoms with van der Waals surface area (Å²) >= 11 is 6.09. The fourth-order valence-electron chi connectivity index (χ4n) is 2.08. The molecule has 0 aliphatic carbocycles. The Morgan fingerprint density at radius 1 is 1.17 bits per heavy atom. The van der Waals surface area contributed by atoms with Gasteiger partial charge in [0.15, 0.2) is 6.61 Å². The molecule has 0 aliphatic rings. The van der Waals surface area contributed by atoms with E-state index in [0.717, 1.165) is 0 Å². The van der Waals surface area contributed by atoms with E-state index in [1.54, 1.807) is 36.4 Å². The summed E-state index contributed by atoms with van der Waals surface area (Å²) in [6.45, 7) is -0.145. The lowest BCUT2D eigenvalue weighted by Crippen LogP contribution is -2.07. The van der Waals surface area contributed by atoms with Gasteiger partial charge in [-0.3, -0.25) is 0 Å². The topological polar surface area (TPSA) is 74.5 Å². The Labute approximate surface area is 143 Å². The lowest BCUT2D eigenvalue weighted by Gasteiger charge is -2.06. The molecule has 122 valence electrons. The van der Waals surface area contributed by atoms with Crippen molar-refractivity contribution in [3.63, 3.8) is 0 Å². The normalized spacial score (nSPS) is 10.4. The third-order valence-electron chi connectivity index (χ3n) is 3.24. The monoisotopic (exact) mass is 344 g/mol.